The largest absolute Gasteiger partial charge is 0.493 e. The van der Waals surface area contributed by atoms with Crippen LogP contribution >= 0.6 is 11.3 Å². The zero-order valence-electron chi connectivity index (χ0n) is 25.6. The normalized spacial score (nSPS) is 14.4. The number of aromatic nitrogens is 1. The summed E-state index contributed by atoms with van der Waals surface area (Å²) in [6, 6.07) is 15.9. The van der Waals surface area contributed by atoms with Gasteiger partial charge >= 0.3 is 5.97 Å². The fourth-order valence-electron chi connectivity index (χ4n) is 5.08. The Kier molecular flexibility index (Phi) is 9.68. The summed E-state index contributed by atoms with van der Waals surface area (Å²) in [5, 5.41) is 0. The Hall–Kier alpha value is -4.90. The van der Waals surface area contributed by atoms with E-state index in [9.17, 15) is 14.0 Å². The number of nitrogens with zero attached hydrogens (tertiary/aromatic N) is 2. The molecule has 1 atom stereocenters. The minimum Gasteiger partial charge on any atom is -0.493 e. The molecule has 234 valence electrons. The first-order valence-corrected chi connectivity index (χ1v) is 15.2. The van der Waals surface area contributed by atoms with Gasteiger partial charge in [0.1, 0.15) is 18.5 Å². The highest BCUT2D eigenvalue weighted by molar-refractivity contribution is 7.07. The second kappa shape index (κ2) is 13.8. The predicted molar refractivity (Wildman–Crippen MR) is 168 cm³/mol. The molecule has 0 fully saturated rings. The molecule has 0 saturated heterocycles. The van der Waals surface area contributed by atoms with Crippen LogP contribution in [-0.2, 0) is 16.1 Å². The van der Waals surface area contributed by atoms with Crippen LogP contribution in [0.3, 0.4) is 0 Å². The lowest BCUT2D eigenvalue weighted by Crippen LogP contribution is -2.40. The molecule has 0 N–H and O–H groups in total. The van der Waals surface area contributed by atoms with Crippen LogP contribution in [0.2, 0.25) is 0 Å². The minimum absolute atomic E-state index is 0.161. The van der Waals surface area contributed by atoms with E-state index in [1.54, 1.807) is 56.3 Å². The number of para-hydroxylation sites is 1. The molecule has 0 unspecified atom stereocenters. The molecule has 0 aliphatic carbocycles. The lowest BCUT2D eigenvalue weighted by Gasteiger charge is -2.26. The first-order chi connectivity index (χ1) is 21.8. The summed E-state index contributed by atoms with van der Waals surface area (Å²) in [6.07, 6.45) is 1.74. The summed E-state index contributed by atoms with van der Waals surface area (Å²) in [4.78, 5) is 32.5. The summed E-state index contributed by atoms with van der Waals surface area (Å²) in [5.74, 6) is 0.987. The van der Waals surface area contributed by atoms with Crippen molar-refractivity contribution in [2.24, 2.45) is 4.99 Å². The lowest BCUT2D eigenvalue weighted by molar-refractivity contribution is -0.139. The molecule has 45 heavy (non-hydrogen) atoms. The number of fused-ring (bicyclic) bond motifs is 1. The van der Waals surface area contributed by atoms with Crippen LogP contribution < -0.4 is 33.8 Å². The Bertz CT molecular complexity index is 1930. The van der Waals surface area contributed by atoms with Crippen LogP contribution in [-0.4, -0.2) is 38.0 Å². The van der Waals surface area contributed by atoms with Crippen molar-refractivity contribution in [3.05, 3.63) is 114 Å². The third-order valence-corrected chi connectivity index (χ3v) is 8.11. The monoisotopic (exact) mass is 632 g/mol. The van der Waals surface area contributed by atoms with Crippen molar-refractivity contribution in [3.8, 4) is 23.0 Å². The Balaban J connectivity index is 1.59. The number of methoxy groups -OCH3 is 2. The number of esters is 1. The van der Waals surface area contributed by atoms with Gasteiger partial charge in [-0.2, -0.15) is 0 Å². The quantitative estimate of drug-likeness (QED) is 0.216. The Morgan fingerprint density at radius 2 is 1.73 bits per heavy atom. The van der Waals surface area contributed by atoms with Gasteiger partial charge in [0.2, 0.25) is 0 Å². The lowest BCUT2D eigenvalue weighted by atomic mass is 9.94. The second-order valence-corrected chi connectivity index (χ2v) is 10.9. The van der Waals surface area contributed by atoms with Crippen molar-refractivity contribution < 1.29 is 32.9 Å². The highest BCUT2D eigenvalue weighted by atomic mass is 32.1. The molecule has 4 aromatic rings. The summed E-state index contributed by atoms with van der Waals surface area (Å²) in [5.41, 5.74) is 2.43. The molecule has 1 aliphatic rings. The van der Waals surface area contributed by atoms with Crippen LogP contribution in [0.4, 0.5) is 4.39 Å². The molecular formula is C34H33FN2O7S. The van der Waals surface area contributed by atoms with Crippen molar-refractivity contribution in [2.45, 2.75) is 33.4 Å². The predicted octanol–water partition coefficient (Wildman–Crippen LogP) is 4.93. The second-order valence-electron chi connectivity index (χ2n) is 9.94. The van der Waals surface area contributed by atoms with Gasteiger partial charge in [0, 0.05) is 5.56 Å². The van der Waals surface area contributed by atoms with Gasteiger partial charge in [0.05, 0.1) is 43.2 Å². The van der Waals surface area contributed by atoms with Crippen LogP contribution in [0, 0.1) is 5.82 Å². The number of allylic oxidation sites excluding steroid dienone is 1. The average Bonchev–Trinajstić information content (AvgIpc) is 3.34. The number of carbonyl (C=O) groups excluding carboxylic acids is 1. The van der Waals surface area contributed by atoms with E-state index in [0.717, 1.165) is 5.56 Å². The van der Waals surface area contributed by atoms with E-state index in [1.165, 1.54) is 42.3 Å². The average molecular weight is 633 g/mol. The maximum atomic E-state index is 14.1. The zero-order valence-corrected chi connectivity index (χ0v) is 26.4. The van der Waals surface area contributed by atoms with Gasteiger partial charge in [-0.1, -0.05) is 41.7 Å². The summed E-state index contributed by atoms with van der Waals surface area (Å²) in [7, 11) is 3.06. The minimum atomic E-state index is -0.865. The van der Waals surface area contributed by atoms with Gasteiger partial charge in [-0.3, -0.25) is 9.36 Å². The van der Waals surface area contributed by atoms with Crippen molar-refractivity contribution >= 4 is 23.4 Å². The summed E-state index contributed by atoms with van der Waals surface area (Å²) < 4.78 is 43.6. The zero-order chi connectivity index (χ0) is 32.1. The Morgan fingerprint density at radius 3 is 2.42 bits per heavy atom. The van der Waals surface area contributed by atoms with Crippen LogP contribution in [0.25, 0.3) is 6.08 Å². The number of thiazole rings is 1. The van der Waals surface area contributed by atoms with Gasteiger partial charge in [0.15, 0.2) is 27.8 Å². The number of rotatable bonds is 11. The van der Waals surface area contributed by atoms with Gasteiger partial charge in [-0.15, -0.1) is 0 Å². The molecule has 5 rings (SSSR count). The standard InChI is InChI=1S/C34H33FN2O7S/c1-6-42-31-24(9-8-10-26(31)40-4)30-29(33(39)43-7-2)20(3)36-34-37(30)32(38)28(45-34)18-22-13-16-25(27(17-22)41-5)44-19-21-11-14-23(35)15-12-21/h8-18,30H,6-7,19H2,1-5H3/b28-18-/t30-/m0/s1. The van der Waals surface area contributed by atoms with Gasteiger partial charge in [-0.25, -0.2) is 14.2 Å². The van der Waals surface area contributed by atoms with Gasteiger partial charge < -0.3 is 23.7 Å². The van der Waals surface area contributed by atoms with Crippen LogP contribution in [0.1, 0.15) is 43.5 Å². The number of benzene rings is 3. The fourth-order valence-corrected chi connectivity index (χ4v) is 6.13. The Labute approximate surface area is 263 Å². The maximum Gasteiger partial charge on any atom is 0.338 e. The highest BCUT2D eigenvalue weighted by Crippen LogP contribution is 2.40. The van der Waals surface area contributed by atoms with E-state index in [1.807, 2.05) is 19.1 Å². The van der Waals surface area contributed by atoms with E-state index >= 15 is 0 Å². The summed E-state index contributed by atoms with van der Waals surface area (Å²) >= 11 is 1.21. The van der Waals surface area contributed by atoms with E-state index < -0.39 is 12.0 Å². The van der Waals surface area contributed by atoms with Crippen molar-refractivity contribution in [2.75, 3.05) is 27.4 Å². The van der Waals surface area contributed by atoms with Crippen molar-refractivity contribution in [3.63, 3.8) is 0 Å². The number of hydrogen-bond donors (Lipinski definition) is 0. The van der Waals surface area contributed by atoms with Crippen LogP contribution in [0.5, 0.6) is 23.0 Å². The van der Waals surface area contributed by atoms with E-state index in [4.69, 9.17) is 23.7 Å². The molecular weight excluding hydrogens is 599 g/mol. The molecule has 1 aromatic heterocycles. The third-order valence-electron chi connectivity index (χ3n) is 7.12. The fraction of sp³-hybridized carbons (Fsp3) is 0.265. The molecule has 0 radical (unpaired) electrons. The van der Waals surface area contributed by atoms with Gasteiger partial charge in [-0.05, 0) is 68.3 Å². The Morgan fingerprint density at radius 1 is 0.978 bits per heavy atom. The maximum absolute atomic E-state index is 14.1. The molecule has 0 amide bonds. The van der Waals surface area contributed by atoms with Crippen molar-refractivity contribution in [1.29, 1.82) is 0 Å². The summed E-state index contributed by atoms with van der Waals surface area (Å²) in [6.45, 7) is 6.04. The van der Waals surface area contributed by atoms with E-state index in [2.05, 4.69) is 4.99 Å². The highest BCUT2D eigenvalue weighted by Gasteiger charge is 2.36. The number of hydrogen-bond acceptors (Lipinski definition) is 9. The molecule has 2 heterocycles. The molecule has 0 spiro atoms. The number of ether oxygens (including phenoxy) is 5. The molecule has 1 aliphatic heterocycles. The van der Waals surface area contributed by atoms with Crippen molar-refractivity contribution in [1.82, 2.24) is 4.57 Å². The SMILES string of the molecule is CCOC(=O)C1=C(C)N=c2s/c(=C\c3ccc(OCc4ccc(F)cc4)c(OC)c3)c(=O)n2[C@H]1c1cccc(OC)c1OCC. The first kappa shape index (κ1) is 31.5. The first-order valence-electron chi connectivity index (χ1n) is 14.3. The van der Waals surface area contributed by atoms with Crippen LogP contribution in [0.15, 0.2) is 81.7 Å². The number of carbonyl (C=O) groups is 1. The van der Waals surface area contributed by atoms with Gasteiger partial charge in [0.25, 0.3) is 5.56 Å². The molecule has 0 saturated carbocycles. The van der Waals surface area contributed by atoms with E-state index in [0.29, 0.717) is 55.8 Å². The third kappa shape index (κ3) is 6.48. The van der Waals surface area contributed by atoms with E-state index in [-0.39, 0.29) is 30.2 Å². The molecule has 9 nitrogen and oxygen atoms in total. The molecule has 11 heteroatoms. The smallest absolute Gasteiger partial charge is 0.338 e. The topological polar surface area (TPSA) is 97.6 Å². The molecule has 3 aromatic carbocycles. The number of halogens is 1. The molecule has 0 bridgehead atoms.